The number of carboxylic acids is 1. The molecule has 0 unspecified atom stereocenters. The zero-order chi connectivity index (χ0) is 20.8. The minimum absolute atomic E-state index is 0.0399. The summed E-state index contributed by atoms with van der Waals surface area (Å²) in [6.07, 6.45) is -0.838. The van der Waals surface area contributed by atoms with E-state index in [4.69, 9.17) is 9.47 Å². The highest BCUT2D eigenvalue weighted by atomic mass is 16.6. The molecule has 0 heterocycles. The maximum absolute atomic E-state index is 12.6. The van der Waals surface area contributed by atoms with Crippen LogP contribution in [-0.4, -0.2) is 51.8 Å². The van der Waals surface area contributed by atoms with Crippen LogP contribution in [0.1, 0.15) is 47.1 Å². The van der Waals surface area contributed by atoms with Crippen molar-refractivity contribution >= 4 is 18.0 Å². The first-order valence-corrected chi connectivity index (χ1v) is 8.77. The lowest BCUT2D eigenvalue weighted by Gasteiger charge is -2.31. The van der Waals surface area contributed by atoms with E-state index in [9.17, 15) is 19.5 Å². The van der Waals surface area contributed by atoms with Gasteiger partial charge in [-0.25, -0.2) is 9.59 Å². The number of hydrogen-bond acceptors (Lipinski definition) is 5. The van der Waals surface area contributed by atoms with E-state index in [0.29, 0.717) is 0 Å². The van der Waals surface area contributed by atoms with Gasteiger partial charge in [-0.3, -0.25) is 9.69 Å². The predicted molar refractivity (Wildman–Crippen MR) is 100 cm³/mol. The van der Waals surface area contributed by atoms with Crippen molar-refractivity contribution in [2.75, 3.05) is 6.54 Å². The number of nitrogens with zero attached hydrogens (tertiary/aromatic N) is 1. The van der Waals surface area contributed by atoms with Gasteiger partial charge in [-0.1, -0.05) is 30.3 Å². The van der Waals surface area contributed by atoms with Crippen LogP contribution in [0.4, 0.5) is 4.79 Å². The normalized spacial score (nSPS) is 12.8. The van der Waals surface area contributed by atoms with Gasteiger partial charge in [0.15, 0.2) is 0 Å². The number of amides is 1. The molecule has 7 heteroatoms. The second kappa shape index (κ2) is 8.88. The molecule has 0 spiro atoms. The zero-order valence-electron chi connectivity index (χ0n) is 16.8. The van der Waals surface area contributed by atoms with Crippen molar-refractivity contribution in [2.45, 2.75) is 65.2 Å². The van der Waals surface area contributed by atoms with Crippen molar-refractivity contribution in [1.82, 2.24) is 4.90 Å². The topological polar surface area (TPSA) is 93.1 Å². The highest BCUT2D eigenvalue weighted by Gasteiger charge is 2.35. The molecule has 0 aliphatic heterocycles. The second-order valence-electron chi connectivity index (χ2n) is 8.24. The minimum Gasteiger partial charge on any atom is -0.480 e. The Hall–Kier alpha value is -2.57. The number of esters is 1. The summed E-state index contributed by atoms with van der Waals surface area (Å²) in [6.45, 7) is 9.58. The van der Waals surface area contributed by atoms with Gasteiger partial charge in [0, 0.05) is 6.42 Å². The molecule has 0 aromatic heterocycles. The molecule has 0 saturated heterocycles. The Kier molecular flexibility index (Phi) is 7.39. The fourth-order valence-electron chi connectivity index (χ4n) is 2.30. The number of carbonyl (C=O) groups is 3. The maximum Gasteiger partial charge on any atom is 0.411 e. The lowest BCUT2D eigenvalue weighted by atomic mass is 10.0. The smallest absolute Gasteiger partial charge is 0.411 e. The van der Waals surface area contributed by atoms with Gasteiger partial charge < -0.3 is 14.6 Å². The van der Waals surface area contributed by atoms with Crippen LogP contribution in [0.2, 0.25) is 0 Å². The van der Waals surface area contributed by atoms with Crippen LogP contribution in [0, 0.1) is 0 Å². The van der Waals surface area contributed by atoms with E-state index in [2.05, 4.69) is 0 Å². The van der Waals surface area contributed by atoms with Gasteiger partial charge in [0.1, 0.15) is 23.8 Å². The van der Waals surface area contributed by atoms with Gasteiger partial charge in [-0.15, -0.1) is 0 Å². The Labute approximate surface area is 160 Å². The molecule has 7 nitrogen and oxygen atoms in total. The number of aliphatic carboxylic acids is 1. The number of carboxylic acid groups (broad SMARTS) is 1. The molecule has 27 heavy (non-hydrogen) atoms. The SMILES string of the molecule is CC(C)(C)OC(=O)CN(C(=O)OC(C)(C)C)[C@H](Cc1ccccc1)C(=O)O. The third kappa shape index (κ3) is 8.57. The molecular formula is C20H29NO6. The van der Waals surface area contributed by atoms with Crippen molar-refractivity contribution in [3.05, 3.63) is 35.9 Å². The number of rotatable bonds is 6. The summed E-state index contributed by atoms with van der Waals surface area (Å²) in [6, 6.07) is 7.62. The van der Waals surface area contributed by atoms with Gasteiger partial charge in [-0.2, -0.15) is 0 Å². The third-order valence-corrected chi connectivity index (χ3v) is 3.28. The summed E-state index contributed by atoms with van der Waals surface area (Å²) in [4.78, 5) is 37.7. The Balaban J connectivity index is 3.12. The Morgan fingerprint density at radius 2 is 1.48 bits per heavy atom. The van der Waals surface area contributed by atoms with Crippen LogP contribution in [0.15, 0.2) is 30.3 Å². The van der Waals surface area contributed by atoms with E-state index >= 15 is 0 Å². The molecule has 1 rings (SSSR count). The summed E-state index contributed by atoms with van der Waals surface area (Å²) in [5.41, 5.74) is -0.865. The summed E-state index contributed by atoms with van der Waals surface area (Å²) >= 11 is 0. The monoisotopic (exact) mass is 379 g/mol. The quantitative estimate of drug-likeness (QED) is 0.763. The van der Waals surface area contributed by atoms with E-state index in [-0.39, 0.29) is 6.42 Å². The van der Waals surface area contributed by atoms with Crippen molar-refractivity contribution in [3.8, 4) is 0 Å². The fraction of sp³-hybridized carbons (Fsp3) is 0.550. The highest BCUT2D eigenvalue weighted by molar-refractivity contribution is 5.84. The van der Waals surface area contributed by atoms with Crippen LogP contribution in [-0.2, 0) is 25.5 Å². The number of ether oxygens (including phenoxy) is 2. The summed E-state index contributed by atoms with van der Waals surface area (Å²) in [7, 11) is 0. The Morgan fingerprint density at radius 3 is 1.93 bits per heavy atom. The Bertz CT molecular complexity index is 657. The van der Waals surface area contributed by atoms with E-state index in [1.807, 2.05) is 6.07 Å². The first-order chi connectivity index (χ1) is 12.3. The van der Waals surface area contributed by atoms with Crippen molar-refractivity contribution in [3.63, 3.8) is 0 Å². The van der Waals surface area contributed by atoms with Gasteiger partial charge >= 0.3 is 18.0 Å². The predicted octanol–water partition coefficient (Wildman–Crippen LogP) is 3.26. The van der Waals surface area contributed by atoms with E-state index < -0.39 is 41.8 Å². The first-order valence-electron chi connectivity index (χ1n) is 8.77. The molecule has 0 radical (unpaired) electrons. The van der Waals surface area contributed by atoms with Crippen LogP contribution in [0.5, 0.6) is 0 Å². The van der Waals surface area contributed by atoms with Crippen LogP contribution in [0.25, 0.3) is 0 Å². The van der Waals surface area contributed by atoms with Gasteiger partial charge in [0.05, 0.1) is 0 Å². The average Bonchev–Trinajstić information content (AvgIpc) is 2.48. The molecule has 1 N–H and O–H groups in total. The summed E-state index contributed by atoms with van der Waals surface area (Å²) in [5, 5.41) is 9.70. The first kappa shape index (κ1) is 22.5. The fourth-order valence-corrected chi connectivity index (χ4v) is 2.30. The molecule has 0 aliphatic carbocycles. The van der Waals surface area contributed by atoms with Crippen LogP contribution >= 0.6 is 0 Å². The lowest BCUT2D eigenvalue weighted by Crippen LogP contribution is -2.51. The number of benzene rings is 1. The van der Waals surface area contributed by atoms with Crippen LogP contribution in [0.3, 0.4) is 0 Å². The largest absolute Gasteiger partial charge is 0.480 e. The molecule has 0 bridgehead atoms. The van der Waals surface area contributed by atoms with E-state index in [1.165, 1.54) is 0 Å². The molecule has 1 atom stereocenters. The minimum atomic E-state index is -1.27. The number of carbonyl (C=O) groups excluding carboxylic acids is 2. The molecule has 0 saturated carbocycles. The molecule has 1 amide bonds. The van der Waals surface area contributed by atoms with Gasteiger partial charge in [-0.05, 0) is 47.1 Å². The third-order valence-electron chi connectivity index (χ3n) is 3.28. The molecule has 1 aromatic rings. The van der Waals surface area contributed by atoms with Crippen molar-refractivity contribution < 1.29 is 29.0 Å². The summed E-state index contributed by atoms with van der Waals surface area (Å²) in [5.74, 6) is -1.93. The van der Waals surface area contributed by atoms with Crippen LogP contribution < -0.4 is 0 Å². The lowest BCUT2D eigenvalue weighted by molar-refractivity contribution is -0.157. The number of hydrogen-bond donors (Lipinski definition) is 1. The maximum atomic E-state index is 12.6. The molecular weight excluding hydrogens is 350 g/mol. The van der Waals surface area contributed by atoms with Crippen molar-refractivity contribution in [2.24, 2.45) is 0 Å². The standard InChI is InChI=1S/C20H29NO6/c1-19(2,3)26-16(22)13-21(18(25)27-20(4,5)6)15(17(23)24)12-14-10-8-7-9-11-14/h7-11,15H,12-13H2,1-6H3,(H,23,24)/t15-/m1/s1. The zero-order valence-corrected chi connectivity index (χ0v) is 16.8. The molecule has 1 aromatic carbocycles. The van der Waals surface area contributed by atoms with E-state index in [0.717, 1.165) is 10.5 Å². The van der Waals surface area contributed by atoms with Gasteiger partial charge in [0.2, 0.25) is 0 Å². The molecule has 0 aliphatic rings. The highest BCUT2D eigenvalue weighted by Crippen LogP contribution is 2.17. The average molecular weight is 379 g/mol. The van der Waals surface area contributed by atoms with Gasteiger partial charge in [0.25, 0.3) is 0 Å². The second-order valence-corrected chi connectivity index (χ2v) is 8.24. The molecule has 0 fully saturated rings. The Morgan fingerprint density at radius 1 is 0.963 bits per heavy atom. The summed E-state index contributed by atoms with van der Waals surface area (Å²) < 4.78 is 10.6. The van der Waals surface area contributed by atoms with E-state index in [1.54, 1.807) is 65.8 Å². The molecule has 150 valence electrons. The van der Waals surface area contributed by atoms with Crippen molar-refractivity contribution in [1.29, 1.82) is 0 Å².